The van der Waals surface area contributed by atoms with Crippen molar-refractivity contribution >= 4 is 16.6 Å². The van der Waals surface area contributed by atoms with Crippen molar-refractivity contribution < 1.29 is 5.11 Å². The molecule has 2 aromatic carbocycles. The van der Waals surface area contributed by atoms with E-state index < -0.39 is 0 Å². The van der Waals surface area contributed by atoms with E-state index in [0.29, 0.717) is 5.52 Å². The summed E-state index contributed by atoms with van der Waals surface area (Å²) < 4.78 is 0. The molecule has 0 spiro atoms. The molecule has 0 fully saturated rings. The van der Waals surface area contributed by atoms with Crippen LogP contribution in [0.1, 0.15) is 34.0 Å². The number of aromatic nitrogens is 2. The quantitative estimate of drug-likeness (QED) is 0.501. The molecule has 0 amide bonds. The predicted molar refractivity (Wildman–Crippen MR) is 114 cm³/mol. The second kappa shape index (κ2) is 7.31. The summed E-state index contributed by atoms with van der Waals surface area (Å²) in [6.45, 7) is 6.09. The number of aromatic hydroxyl groups is 1. The number of hydrogen-bond donors (Lipinski definition) is 2. The fourth-order valence-electron chi connectivity index (χ4n) is 3.63. The molecule has 140 valence electrons. The van der Waals surface area contributed by atoms with Crippen LogP contribution in [0.5, 0.6) is 5.75 Å². The fraction of sp³-hybridized carbons (Fsp3) is 0.167. The molecule has 1 atom stereocenters. The van der Waals surface area contributed by atoms with Gasteiger partial charge in [0.15, 0.2) is 0 Å². The lowest BCUT2D eigenvalue weighted by Crippen LogP contribution is -2.13. The highest BCUT2D eigenvalue weighted by molar-refractivity contribution is 5.86. The lowest BCUT2D eigenvalue weighted by molar-refractivity contribution is 0.471. The Labute approximate surface area is 164 Å². The Balaban J connectivity index is 1.86. The summed E-state index contributed by atoms with van der Waals surface area (Å²) in [6, 6.07) is 17.9. The van der Waals surface area contributed by atoms with E-state index in [-0.39, 0.29) is 11.8 Å². The highest BCUT2D eigenvalue weighted by atomic mass is 16.3. The van der Waals surface area contributed by atoms with E-state index in [1.54, 1.807) is 6.20 Å². The lowest BCUT2D eigenvalue weighted by Gasteiger charge is -2.23. The van der Waals surface area contributed by atoms with Gasteiger partial charge in [0.2, 0.25) is 0 Å². The molecule has 2 aromatic heterocycles. The third-order valence-electron chi connectivity index (χ3n) is 4.87. The maximum Gasteiger partial charge on any atom is 0.147 e. The largest absolute Gasteiger partial charge is 0.505 e. The van der Waals surface area contributed by atoms with E-state index in [2.05, 4.69) is 47.3 Å². The minimum Gasteiger partial charge on any atom is -0.505 e. The number of nitrogens with zero attached hydrogens (tertiary/aromatic N) is 2. The van der Waals surface area contributed by atoms with E-state index in [9.17, 15) is 5.11 Å². The van der Waals surface area contributed by atoms with Gasteiger partial charge in [-0.3, -0.25) is 4.98 Å². The molecule has 2 N–H and O–H groups in total. The molecule has 4 heteroatoms. The SMILES string of the molecule is Cc1cc(C)cc(NC(c2cccnc2)c2ccc3ccc(C)nc3c2O)c1. The third kappa shape index (κ3) is 3.54. The van der Waals surface area contributed by atoms with E-state index in [4.69, 9.17) is 0 Å². The minimum atomic E-state index is -0.249. The van der Waals surface area contributed by atoms with Crippen LogP contribution >= 0.6 is 0 Å². The molecule has 2 heterocycles. The predicted octanol–water partition coefficient (Wildman–Crippen LogP) is 5.46. The second-order valence-corrected chi connectivity index (χ2v) is 7.27. The first-order valence-electron chi connectivity index (χ1n) is 9.35. The van der Waals surface area contributed by atoms with Crippen molar-refractivity contribution in [3.63, 3.8) is 0 Å². The van der Waals surface area contributed by atoms with Crippen LogP contribution in [0.2, 0.25) is 0 Å². The zero-order valence-corrected chi connectivity index (χ0v) is 16.3. The Morgan fingerprint density at radius 1 is 0.929 bits per heavy atom. The molecule has 0 saturated heterocycles. The van der Waals surface area contributed by atoms with E-state index >= 15 is 0 Å². The zero-order chi connectivity index (χ0) is 19.7. The number of nitrogens with one attached hydrogen (secondary N) is 1. The molecule has 0 aliphatic rings. The van der Waals surface area contributed by atoms with Crippen LogP contribution in [0.4, 0.5) is 5.69 Å². The molecule has 0 aliphatic heterocycles. The van der Waals surface area contributed by atoms with Crippen LogP contribution in [0.3, 0.4) is 0 Å². The number of rotatable bonds is 4. The standard InChI is InChI=1S/C24H23N3O/c1-15-11-16(2)13-20(12-15)27-22(19-5-4-10-25-14-19)21-9-8-18-7-6-17(3)26-23(18)24(21)28/h4-14,22,27-28H,1-3H3. The molecule has 4 aromatic rings. The van der Waals surface area contributed by atoms with Gasteiger partial charge in [-0.15, -0.1) is 0 Å². The summed E-state index contributed by atoms with van der Waals surface area (Å²) in [6.07, 6.45) is 3.58. The molecule has 0 aliphatic carbocycles. The van der Waals surface area contributed by atoms with Gasteiger partial charge in [0.25, 0.3) is 0 Å². The van der Waals surface area contributed by atoms with Crippen molar-refractivity contribution in [3.05, 3.63) is 94.9 Å². The summed E-state index contributed by atoms with van der Waals surface area (Å²) >= 11 is 0. The molecule has 4 rings (SSSR count). The third-order valence-corrected chi connectivity index (χ3v) is 4.87. The van der Waals surface area contributed by atoms with Crippen LogP contribution in [0.15, 0.2) is 67.0 Å². The molecular weight excluding hydrogens is 346 g/mol. The first kappa shape index (κ1) is 18.0. The molecule has 0 saturated carbocycles. The van der Waals surface area contributed by atoms with Gasteiger partial charge < -0.3 is 10.4 Å². The van der Waals surface area contributed by atoms with E-state index in [0.717, 1.165) is 27.9 Å². The smallest absolute Gasteiger partial charge is 0.147 e. The summed E-state index contributed by atoms with van der Waals surface area (Å²) in [5.41, 5.74) is 6.62. The maximum absolute atomic E-state index is 11.1. The number of aryl methyl sites for hydroxylation is 3. The van der Waals surface area contributed by atoms with Crippen molar-refractivity contribution in [3.8, 4) is 5.75 Å². The fourth-order valence-corrected chi connectivity index (χ4v) is 3.63. The topological polar surface area (TPSA) is 58.0 Å². The van der Waals surface area contributed by atoms with Crippen LogP contribution in [-0.2, 0) is 0 Å². The highest BCUT2D eigenvalue weighted by Gasteiger charge is 2.20. The van der Waals surface area contributed by atoms with Crippen molar-refractivity contribution in [2.24, 2.45) is 0 Å². The minimum absolute atomic E-state index is 0.201. The number of phenolic OH excluding ortho intramolecular Hbond substituents is 1. The van der Waals surface area contributed by atoms with Crippen LogP contribution < -0.4 is 5.32 Å². The second-order valence-electron chi connectivity index (χ2n) is 7.27. The van der Waals surface area contributed by atoms with Gasteiger partial charge in [0.1, 0.15) is 11.3 Å². The molecule has 0 radical (unpaired) electrons. The number of pyridine rings is 2. The maximum atomic E-state index is 11.1. The number of benzene rings is 2. The Morgan fingerprint density at radius 2 is 1.68 bits per heavy atom. The van der Waals surface area contributed by atoms with Gasteiger partial charge in [-0.25, -0.2) is 4.98 Å². The van der Waals surface area contributed by atoms with Gasteiger partial charge in [-0.05, 0) is 61.7 Å². The Hall–Kier alpha value is -3.40. The monoisotopic (exact) mass is 369 g/mol. The van der Waals surface area contributed by atoms with Gasteiger partial charge in [0, 0.05) is 34.7 Å². The van der Waals surface area contributed by atoms with Crippen molar-refractivity contribution in [2.45, 2.75) is 26.8 Å². The Kier molecular flexibility index (Phi) is 4.70. The van der Waals surface area contributed by atoms with Crippen molar-refractivity contribution in [2.75, 3.05) is 5.32 Å². The number of anilines is 1. The first-order valence-corrected chi connectivity index (χ1v) is 9.35. The molecule has 4 nitrogen and oxygen atoms in total. The van der Waals surface area contributed by atoms with Gasteiger partial charge in [0.05, 0.1) is 6.04 Å². The summed E-state index contributed by atoms with van der Waals surface area (Å²) in [5, 5.41) is 15.6. The van der Waals surface area contributed by atoms with Crippen molar-refractivity contribution in [1.82, 2.24) is 9.97 Å². The summed E-state index contributed by atoms with van der Waals surface area (Å²) in [7, 11) is 0. The molecule has 28 heavy (non-hydrogen) atoms. The van der Waals surface area contributed by atoms with Crippen LogP contribution in [0.25, 0.3) is 10.9 Å². The van der Waals surface area contributed by atoms with Gasteiger partial charge in [-0.1, -0.05) is 30.3 Å². The van der Waals surface area contributed by atoms with Crippen molar-refractivity contribution in [1.29, 1.82) is 0 Å². The van der Waals surface area contributed by atoms with E-state index in [1.807, 2.05) is 49.5 Å². The molecule has 1 unspecified atom stereocenters. The Bertz CT molecular complexity index is 1120. The lowest BCUT2D eigenvalue weighted by atomic mass is 9.96. The zero-order valence-electron chi connectivity index (χ0n) is 16.3. The number of phenols is 1. The Morgan fingerprint density at radius 3 is 2.39 bits per heavy atom. The summed E-state index contributed by atoms with van der Waals surface area (Å²) in [4.78, 5) is 8.83. The van der Waals surface area contributed by atoms with Gasteiger partial charge in [-0.2, -0.15) is 0 Å². The molecule has 0 bridgehead atoms. The average Bonchev–Trinajstić information content (AvgIpc) is 2.67. The van der Waals surface area contributed by atoms with Crippen LogP contribution in [-0.4, -0.2) is 15.1 Å². The normalized spacial score (nSPS) is 12.1. The molecular formula is C24H23N3O. The van der Waals surface area contributed by atoms with E-state index in [1.165, 1.54) is 11.1 Å². The first-order chi connectivity index (χ1) is 13.5. The number of hydrogen-bond acceptors (Lipinski definition) is 4. The number of fused-ring (bicyclic) bond motifs is 1. The summed E-state index contributed by atoms with van der Waals surface area (Å²) in [5.74, 6) is 0.201. The van der Waals surface area contributed by atoms with Gasteiger partial charge >= 0.3 is 0 Å². The average molecular weight is 369 g/mol. The highest BCUT2D eigenvalue weighted by Crippen LogP contribution is 2.36. The van der Waals surface area contributed by atoms with Crippen LogP contribution in [0, 0.1) is 20.8 Å².